The molecular formula is C31H32N2O3. The molecule has 4 aromatic rings. The number of nitrogens with zero attached hydrogens (tertiary/aromatic N) is 1. The first-order valence-corrected chi connectivity index (χ1v) is 12.6. The molecule has 1 heterocycles. The van der Waals surface area contributed by atoms with Gasteiger partial charge in [0.05, 0.1) is 11.6 Å². The van der Waals surface area contributed by atoms with Crippen LogP contribution >= 0.6 is 0 Å². The number of aryl methyl sites for hydroxylation is 2. The summed E-state index contributed by atoms with van der Waals surface area (Å²) in [6.45, 7) is 8.65. The summed E-state index contributed by atoms with van der Waals surface area (Å²) in [5.41, 5.74) is 8.55. The van der Waals surface area contributed by atoms with E-state index in [1.165, 1.54) is 18.4 Å². The van der Waals surface area contributed by atoms with Crippen LogP contribution < -0.4 is 5.32 Å². The SMILES string of the molecule is Cc1cc(Cn2c(C)c(C)c3cc(C(=O)NC(C)c4cccc(C5CC5)c4)ccc32)cc(C(=O)O)c1. The van der Waals surface area contributed by atoms with E-state index in [1.54, 1.807) is 12.1 Å². The highest BCUT2D eigenvalue weighted by molar-refractivity contribution is 5.99. The number of nitrogens with one attached hydrogen (secondary N) is 1. The van der Waals surface area contributed by atoms with Gasteiger partial charge in [0.25, 0.3) is 5.91 Å². The molecule has 1 unspecified atom stereocenters. The number of carboxylic acid groups (broad SMARTS) is 1. The second-order valence-corrected chi connectivity index (χ2v) is 10.2. The van der Waals surface area contributed by atoms with Gasteiger partial charge in [0.2, 0.25) is 0 Å². The van der Waals surface area contributed by atoms with Gasteiger partial charge in [0, 0.05) is 28.7 Å². The van der Waals surface area contributed by atoms with E-state index in [2.05, 4.69) is 48.0 Å². The standard InChI is InChI=1S/C31H32N2O3/c1-18-12-22(14-27(13-18)31(35)36)17-33-21(4)19(2)28-16-26(10-11-29(28)33)30(34)32-20(3)24-6-5-7-25(15-24)23-8-9-23/h5-7,10-16,20,23H,8-9,17H2,1-4H3,(H,32,34)(H,35,36). The van der Waals surface area contributed by atoms with Crippen LogP contribution in [0, 0.1) is 20.8 Å². The largest absolute Gasteiger partial charge is 0.478 e. The molecule has 1 saturated carbocycles. The summed E-state index contributed by atoms with van der Waals surface area (Å²) in [4.78, 5) is 24.7. The van der Waals surface area contributed by atoms with E-state index >= 15 is 0 Å². The summed E-state index contributed by atoms with van der Waals surface area (Å²) >= 11 is 0. The minimum Gasteiger partial charge on any atom is -0.478 e. The average Bonchev–Trinajstić information content (AvgIpc) is 3.68. The zero-order chi connectivity index (χ0) is 25.6. The van der Waals surface area contributed by atoms with Gasteiger partial charge >= 0.3 is 5.97 Å². The topological polar surface area (TPSA) is 71.3 Å². The van der Waals surface area contributed by atoms with Gasteiger partial charge in [-0.2, -0.15) is 0 Å². The molecule has 36 heavy (non-hydrogen) atoms. The van der Waals surface area contributed by atoms with Gasteiger partial charge in [-0.3, -0.25) is 4.79 Å². The molecule has 1 amide bonds. The van der Waals surface area contributed by atoms with Crippen molar-refractivity contribution in [1.82, 2.24) is 9.88 Å². The third kappa shape index (κ3) is 4.66. The van der Waals surface area contributed by atoms with E-state index in [0.29, 0.717) is 23.6 Å². The highest BCUT2D eigenvalue weighted by Gasteiger charge is 2.24. The lowest BCUT2D eigenvalue weighted by Crippen LogP contribution is -2.26. The van der Waals surface area contributed by atoms with Gasteiger partial charge in [0.15, 0.2) is 0 Å². The number of hydrogen-bond acceptors (Lipinski definition) is 2. The third-order valence-electron chi connectivity index (χ3n) is 7.43. The van der Waals surface area contributed by atoms with Crippen molar-refractivity contribution in [3.05, 3.63) is 105 Å². The van der Waals surface area contributed by atoms with E-state index < -0.39 is 5.97 Å². The average molecular weight is 481 g/mol. The van der Waals surface area contributed by atoms with Gasteiger partial charge in [-0.05, 0) is 105 Å². The van der Waals surface area contributed by atoms with E-state index in [0.717, 1.165) is 38.9 Å². The fraction of sp³-hybridized carbons (Fsp3) is 0.290. The normalized spacial score (nSPS) is 14.1. The number of carbonyl (C=O) groups excluding carboxylic acids is 1. The molecule has 0 aliphatic heterocycles. The van der Waals surface area contributed by atoms with Crippen LogP contribution in [0.5, 0.6) is 0 Å². The molecule has 5 rings (SSSR count). The molecule has 1 atom stereocenters. The van der Waals surface area contributed by atoms with E-state index in [-0.39, 0.29) is 11.9 Å². The Bertz CT molecular complexity index is 1490. The first kappa shape index (κ1) is 23.9. The molecule has 1 aliphatic rings. The number of carbonyl (C=O) groups is 2. The predicted molar refractivity (Wildman–Crippen MR) is 143 cm³/mol. The molecular weight excluding hydrogens is 448 g/mol. The van der Waals surface area contributed by atoms with Crippen molar-refractivity contribution in [1.29, 1.82) is 0 Å². The number of aromatic nitrogens is 1. The third-order valence-corrected chi connectivity index (χ3v) is 7.43. The van der Waals surface area contributed by atoms with Gasteiger partial charge in [-0.15, -0.1) is 0 Å². The van der Waals surface area contributed by atoms with Crippen molar-refractivity contribution in [2.75, 3.05) is 0 Å². The van der Waals surface area contributed by atoms with Gasteiger partial charge in [-0.25, -0.2) is 4.79 Å². The van der Waals surface area contributed by atoms with Crippen LogP contribution in [0.25, 0.3) is 10.9 Å². The number of fused-ring (bicyclic) bond motifs is 1. The summed E-state index contributed by atoms with van der Waals surface area (Å²) in [6.07, 6.45) is 2.51. The maximum Gasteiger partial charge on any atom is 0.335 e. The summed E-state index contributed by atoms with van der Waals surface area (Å²) in [7, 11) is 0. The van der Waals surface area contributed by atoms with Crippen LogP contribution in [0.3, 0.4) is 0 Å². The maximum absolute atomic E-state index is 13.2. The highest BCUT2D eigenvalue weighted by Crippen LogP contribution is 2.40. The zero-order valence-corrected chi connectivity index (χ0v) is 21.3. The summed E-state index contributed by atoms with van der Waals surface area (Å²) < 4.78 is 2.19. The van der Waals surface area contributed by atoms with Gasteiger partial charge in [0.1, 0.15) is 0 Å². The second-order valence-electron chi connectivity index (χ2n) is 10.2. The summed E-state index contributed by atoms with van der Waals surface area (Å²) in [6, 6.07) is 19.8. The molecule has 3 aromatic carbocycles. The van der Waals surface area contributed by atoms with Gasteiger partial charge < -0.3 is 15.0 Å². The van der Waals surface area contributed by atoms with E-state index in [1.807, 2.05) is 38.1 Å². The minimum atomic E-state index is -0.922. The molecule has 5 heteroatoms. The maximum atomic E-state index is 13.2. The Hall–Kier alpha value is -3.86. The van der Waals surface area contributed by atoms with Crippen molar-refractivity contribution in [3.8, 4) is 0 Å². The highest BCUT2D eigenvalue weighted by atomic mass is 16.4. The number of benzene rings is 3. The van der Waals surface area contributed by atoms with Crippen LogP contribution in [0.1, 0.15) is 86.0 Å². The summed E-state index contributed by atoms with van der Waals surface area (Å²) in [5.74, 6) is -0.328. The molecule has 0 saturated heterocycles. The fourth-order valence-electron chi connectivity index (χ4n) is 5.12. The Balaban J connectivity index is 1.40. The fourth-order valence-corrected chi connectivity index (χ4v) is 5.12. The van der Waals surface area contributed by atoms with Crippen LogP contribution in [-0.2, 0) is 6.54 Å². The zero-order valence-electron chi connectivity index (χ0n) is 21.3. The van der Waals surface area contributed by atoms with Crippen LogP contribution in [0.2, 0.25) is 0 Å². The lowest BCUT2D eigenvalue weighted by atomic mass is 10.0. The predicted octanol–water partition coefficient (Wildman–Crippen LogP) is 6.68. The molecule has 0 bridgehead atoms. The quantitative estimate of drug-likeness (QED) is 0.310. The molecule has 184 valence electrons. The van der Waals surface area contributed by atoms with Crippen LogP contribution in [0.15, 0.2) is 60.7 Å². The lowest BCUT2D eigenvalue weighted by Gasteiger charge is -2.16. The Morgan fingerprint density at radius 1 is 1.00 bits per heavy atom. The minimum absolute atomic E-state index is 0.0796. The number of carboxylic acids is 1. The summed E-state index contributed by atoms with van der Waals surface area (Å²) in [5, 5.41) is 13.6. The smallest absolute Gasteiger partial charge is 0.335 e. The second kappa shape index (κ2) is 9.30. The molecule has 1 aliphatic carbocycles. The lowest BCUT2D eigenvalue weighted by molar-refractivity contribution is 0.0696. The Morgan fingerprint density at radius 2 is 1.78 bits per heavy atom. The molecule has 5 nitrogen and oxygen atoms in total. The Kier molecular flexibility index (Phi) is 6.17. The van der Waals surface area contributed by atoms with Gasteiger partial charge in [-0.1, -0.05) is 30.3 Å². The number of rotatable bonds is 7. The Morgan fingerprint density at radius 3 is 2.50 bits per heavy atom. The molecule has 0 radical (unpaired) electrons. The van der Waals surface area contributed by atoms with Crippen LogP contribution in [0.4, 0.5) is 0 Å². The van der Waals surface area contributed by atoms with Crippen molar-refractivity contribution < 1.29 is 14.7 Å². The Labute approximate surface area is 211 Å². The van der Waals surface area contributed by atoms with E-state index in [4.69, 9.17) is 0 Å². The number of hydrogen-bond donors (Lipinski definition) is 2. The van der Waals surface area contributed by atoms with Crippen molar-refractivity contribution in [2.24, 2.45) is 0 Å². The first-order chi connectivity index (χ1) is 17.2. The molecule has 1 aromatic heterocycles. The molecule has 2 N–H and O–H groups in total. The first-order valence-electron chi connectivity index (χ1n) is 12.6. The van der Waals surface area contributed by atoms with Crippen LogP contribution in [-0.4, -0.2) is 21.6 Å². The number of aromatic carboxylic acids is 1. The monoisotopic (exact) mass is 480 g/mol. The van der Waals surface area contributed by atoms with Crippen molar-refractivity contribution in [2.45, 2.75) is 59.0 Å². The molecule has 1 fully saturated rings. The van der Waals surface area contributed by atoms with E-state index in [9.17, 15) is 14.7 Å². The van der Waals surface area contributed by atoms with Crippen molar-refractivity contribution in [3.63, 3.8) is 0 Å². The van der Waals surface area contributed by atoms with Crippen molar-refractivity contribution >= 4 is 22.8 Å². The number of amides is 1. The molecule has 0 spiro atoms.